The van der Waals surface area contributed by atoms with Crippen LogP contribution in [0.25, 0.3) is 10.9 Å². The summed E-state index contributed by atoms with van der Waals surface area (Å²) in [4.78, 5) is 15.5. The highest BCUT2D eigenvalue weighted by atomic mass is 32.2. The second-order valence-electron chi connectivity index (χ2n) is 5.31. The van der Waals surface area contributed by atoms with E-state index in [2.05, 4.69) is 4.98 Å². The molecule has 0 spiro atoms. The number of nitrogens with zero attached hydrogens (tertiary/aromatic N) is 2. The molecule has 0 bridgehead atoms. The van der Waals surface area contributed by atoms with E-state index in [1.54, 1.807) is 6.07 Å². The summed E-state index contributed by atoms with van der Waals surface area (Å²) in [7, 11) is -3.58. The molecule has 22 heavy (non-hydrogen) atoms. The Hall–Kier alpha value is -1.99. The molecule has 7 heteroatoms. The van der Waals surface area contributed by atoms with E-state index in [0.717, 1.165) is 19.3 Å². The molecule has 0 saturated carbocycles. The van der Waals surface area contributed by atoms with E-state index in [1.165, 1.54) is 28.7 Å². The lowest BCUT2D eigenvalue weighted by atomic mass is 10.1. The maximum absolute atomic E-state index is 12.7. The van der Waals surface area contributed by atoms with Gasteiger partial charge in [0.15, 0.2) is 0 Å². The zero-order valence-electron chi connectivity index (χ0n) is 11.9. The number of pyridine rings is 1. The third-order valence-corrected chi connectivity index (χ3v) is 5.79. The van der Waals surface area contributed by atoms with Crippen molar-refractivity contribution >= 4 is 26.9 Å². The minimum absolute atomic E-state index is 0.0562. The molecule has 1 N–H and O–H groups in total. The van der Waals surface area contributed by atoms with Crippen molar-refractivity contribution in [3.8, 4) is 0 Å². The third kappa shape index (κ3) is 2.57. The van der Waals surface area contributed by atoms with Crippen LogP contribution in [0.3, 0.4) is 0 Å². The van der Waals surface area contributed by atoms with E-state index < -0.39 is 16.0 Å². The SMILES string of the molecule is O=C(O)c1ccnc2ccc(S(=O)(=O)N3CCCCC3)cc12. The van der Waals surface area contributed by atoms with Gasteiger partial charge in [0.1, 0.15) is 0 Å². The monoisotopic (exact) mass is 320 g/mol. The number of fused-ring (bicyclic) bond motifs is 1. The van der Waals surface area contributed by atoms with Crippen LogP contribution in [0.1, 0.15) is 29.6 Å². The number of carbonyl (C=O) groups is 1. The topological polar surface area (TPSA) is 87.6 Å². The number of aromatic carboxylic acids is 1. The Morgan fingerprint density at radius 3 is 2.55 bits per heavy atom. The maximum atomic E-state index is 12.7. The smallest absolute Gasteiger partial charge is 0.336 e. The van der Waals surface area contributed by atoms with Gasteiger partial charge in [-0.2, -0.15) is 4.31 Å². The molecule has 1 aliphatic rings. The Bertz CT molecular complexity index is 827. The molecule has 1 saturated heterocycles. The van der Waals surface area contributed by atoms with Crippen LogP contribution in [0.4, 0.5) is 0 Å². The number of aromatic nitrogens is 1. The number of piperidine rings is 1. The molecule has 6 nitrogen and oxygen atoms in total. The molecular weight excluding hydrogens is 304 g/mol. The highest BCUT2D eigenvalue weighted by Crippen LogP contribution is 2.25. The van der Waals surface area contributed by atoms with Crippen LogP contribution in [-0.4, -0.2) is 41.9 Å². The Balaban J connectivity index is 2.11. The molecule has 116 valence electrons. The van der Waals surface area contributed by atoms with Gasteiger partial charge in [-0.3, -0.25) is 4.98 Å². The standard InChI is InChI=1S/C15H16N2O4S/c18-15(19)12-6-7-16-14-5-4-11(10-13(12)14)22(20,21)17-8-2-1-3-9-17/h4-7,10H,1-3,8-9H2,(H,18,19). The van der Waals surface area contributed by atoms with Gasteiger partial charge < -0.3 is 5.11 Å². The van der Waals surface area contributed by atoms with Crippen molar-refractivity contribution in [1.29, 1.82) is 0 Å². The van der Waals surface area contributed by atoms with Gasteiger partial charge >= 0.3 is 5.97 Å². The summed E-state index contributed by atoms with van der Waals surface area (Å²) >= 11 is 0. The second kappa shape index (κ2) is 5.66. The molecule has 0 amide bonds. The van der Waals surface area contributed by atoms with E-state index >= 15 is 0 Å². The molecule has 1 aromatic heterocycles. The Kier molecular flexibility index (Phi) is 3.84. The number of carboxylic acids is 1. The summed E-state index contributed by atoms with van der Waals surface area (Å²) < 4.78 is 26.8. The van der Waals surface area contributed by atoms with Gasteiger partial charge in [0, 0.05) is 24.7 Å². The molecule has 1 aromatic carbocycles. The van der Waals surface area contributed by atoms with Crippen molar-refractivity contribution in [2.45, 2.75) is 24.2 Å². The highest BCUT2D eigenvalue weighted by molar-refractivity contribution is 7.89. The maximum Gasteiger partial charge on any atom is 0.336 e. The Labute approximate surface area is 128 Å². The normalized spacial score (nSPS) is 16.7. The van der Waals surface area contributed by atoms with Crippen molar-refractivity contribution < 1.29 is 18.3 Å². The first-order valence-electron chi connectivity index (χ1n) is 7.12. The molecule has 0 radical (unpaired) electrons. The van der Waals surface area contributed by atoms with E-state index in [0.29, 0.717) is 24.0 Å². The Morgan fingerprint density at radius 1 is 1.14 bits per heavy atom. The van der Waals surface area contributed by atoms with Gasteiger partial charge in [-0.1, -0.05) is 6.42 Å². The fraction of sp³-hybridized carbons (Fsp3) is 0.333. The minimum Gasteiger partial charge on any atom is -0.478 e. The zero-order valence-corrected chi connectivity index (χ0v) is 12.7. The molecule has 3 rings (SSSR count). The fourth-order valence-electron chi connectivity index (χ4n) is 2.73. The summed E-state index contributed by atoms with van der Waals surface area (Å²) in [5.41, 5.74) is 0.526. The quantitative estimate of drug-likeness (QED) is 0.936. The van der Waals surface area contributed by atoms with Crippen LogP contribution >= 0.6 is 0 Å². The molecule has 2 aromatic rings. The van der Waals surface area contributed by atoms with Crippen LogP contribution in [0, 0.1) is 0 Å². The predicted octanol–water partition coefficient (Wildman–Crippen LogP) is 2.11. The summed E-state index contributed by atoms with van der Waals surface area (Å²) in [5, 5.41) is 9.58. The molecule has 0 unspecified atom stereocenters. The summed E-state index contributed by atoms with van der Waals surface area (Å²) in [5.74, 6) is -1.10. The van der Waals surface area contributed by atoms with E-state index in [-0.39, 0.29) is 10.5 Å². The van der Waals surface area contributed by atoms with Gasteiger partial charge in [-0.15, -0.1) is 0 Å². The molecule has 2 heterocycles. The van der Waals surface area contributed by atoms with Crippen LogP contribution in [0.15, 0.2) is 35.4 Å². The van der Waals surface area contributed by atoms with Crippen molar-refractivity contribution in [1.82, 2.24) is 9.29 Å². The predicted molar refractivity (Wildman–Crippen MR) is 81.3 cm³/mol. The minimum atomic E-state index is -3.58. The summed E-state index contributed by atoms with van der Waals surface area (Å²) in [6.07, 6.45) is 4.16. The number of carboxylic acid groups (broad SMARTS) is 1. The van der Waals surface area contributed by atoms with Crippen LogP contribution in [0.5, 0.6) is 0 Å². The van der Waals surface area contributed by atoms with Crippen molar-refractivity contribution in [3.05, 3.63) is 36.0 Å². The van der Waals surface area contributed by atoms with E-state index in [4.69, 9.17) is 0 Å². The first kappa shape index (κ1) is 14.9. The molecule has 0 aliphatic carbocycles. The van der Waals surface area contributed by atoms with Crippen LogP contribution < -0.4 is 0 Å². The van der Waals surface area contributed by atoms with E-state index in [9.17, 15) is 18.3 Å². The average molecular weight is 320 g/mol. The lowest BCUT2D eigenvalue weighted by molar-refractivity contribution is 0.0699. The molecule has 1 aliphatic heterocycles. The number of sulfonamides is 1. The average Bonchev–Trinajstić information content (AvgIpc) is 2.54. The lowest BCUT2D eigenvalue weighted by Crippen LogP contribution is -2.35. The number of rotatable bonds is 3. The first-order valence-corrected chi connectivity index (χ1v) is 8.56. The number of benzene rings is 1. The summed E-state index contributed by atoms with van der Waals surface area (Å²) in [6, 6.07) is 5.83. The molecule has 0 atom stereocenters. The van der Waals surface area contributed by atoms with Crippen LogP contribution in [-0.2, 0) is 10.0 Å². The van der Waals surface area contributed by atoms with Crippen molar-refractivity contribution in [2.24, 2.45) is 0 Å². The van der Waals surface area contributed by atoms with Crippen LogP contribution in [0.2, 0.25) is 0 Å². The summed E-state index contributed by atoms with van der Waals surface area (Å²) in [6.45, 7) is 1.03. The Morgan fingerprint density at radius 2 is 1.86 bits per heavy atom. The van der Waals surface area contributed by atoms with E-state index in [1.807, 2.05) is 0 Å². The largest absolute Gasteiger partial charge is 0.478 e. The molecule has 1 fully saturated rings. The van der Waals surface area contributed by atoms with Gasteiger partial charge in [0.05, 0.1) is 16.0 Å². The fourth-order valence-corrected chi connectivity index (χ4v) is 4.27. The zero-order chi connectivity index (χ0) is 15.7. The third-order valence-electron chi connectivity index (χ3n) is 3.90. The second-order valence-corrected chi connectivity index (χ2v) is 7.25. The van der Waals surface area contributed by atoms with Gasteiger partial charge in [-0.25, -0.2) is 13.2 Å². The van der Waals surface area contributed by atoms with Gasteiger partial charge in [0.2, 0.25) is 10.0 Å². The lowest BCUT2D eigenvalue weighted by Gasteiger charge is -2.26. The van der Waals surface area contributed by atoms with Crippen molar-refractivity contribution in [2.75, 3.05) is 13.1 Å². The van der Waals surface area contributed by atoms with Gasteiger partial charge in [-0.05, 0) is 37.1 Å². The van der Waals surface area contributed by atoms with Crippen molar-refractivity contribution in [3.63, 3.8) is 0 Å². The van der Waals surface area contributed by atoms with Gasteiger partial charge in [0.25, 0.3) is 0 Å². The first-order chi connectivity index (χ1) is 10.5. The molecular formula is C15H16N2O4S. The number of hydrogen-bond acceptors (Lipinski definition) is 4. The number of hydrogen-bond donors (Lipinski definition) is 1. The highest BCUT2D eigenvalue weighted by Gasteiger charge is 2.26.